The lowest BCUT2D eigenvalue weighted by Crippen LogP contribution is -2.02. The van der Waals surface area contributed by atoms with Gasteiger partial charge in [0.05, 0.1) is 26.9 Å². The molecule has 0 aromatic heterocycles. The third kappa shape index (κ3) is 4.30. The Kier molecular flexibility index (Phi) is 5.48. The highest BCUT2D eigenvalue weighted by molar-refractivity contribution is 6.37. The zero-order chi connectivity index (χ0) is 19.6. The lowest BCUT2D eigenvalue weighted by atomic mass is 10.1. The molecule has 1 aliphatic heterocycles. The van der Waals surface area contributed by atoms with Gasteiger partial charge in [-0.3, -0.25) is 0 Å². The minimum atomic E-state index is -0.996. The average Bonchev–Trinajstić information content (AvgIpc) is 2.93. The molecule has 0 saturated heterocycles. The molecule has 0 amide bonds. The Balaban J connectivity index is 1.77. The van der Waals surface area contributed by atoms with Gasteiger partial charge in [0, 0.05) is 0 Å². The van der Waals surface area contributed by atoms with Crippen molar-refractivity contribution >= 4 is 46.9 Å². The Labute approximate surface area is 164 Å². The molecule has 0 unspecified atom stereocenters. The number of hydrogen-bond acceptors (Lipinski definition) is 5. The number of oxime groups is 1. The molecule has 8 heteroatoms. The van der Waals surface area contributed by atoms with Crippen LogP contribution in [0.5, 0.6) is 5.75 Å². The molecule has 27 heavy (non-hydrogen) atoms. The first-order chi connectivity index (χ1) is 12.8. The van der Waals surface area contributed by atoms with E-state index in [2.05, 4.69) is 9.99 Å². The van der Waals surface area contributed by atoms with Crippen LogP contribution < -0.4 is 4.74 Å². The Morgan fingerprint density at radius 3 is 2.37 bits per heavy atom. The van der Waals surface area contributed by atoms with Crippen LogP contribution in [0, 0.1) is 0 Å². The lowest BCUT2D eigenvalue weighted by Gasteiger charge is -2.11. The third-order valence-electron chi connectivity index (χ3n) is 3.79. The average molecular weight is 406 g/mol. The normalized spacial score (nSPS) is 14.9. The molecule has 0 bridgehead atoms. The molecule has 0 fully saturated rings. The number of carbonyl (C=O) groups is 2. The van der Waals surface area contributed by atoms with Crippen LogP contribution in [-0.4, -0.2) is 22.8 Å². The van der Waals surface area contributed by atoms with Gasteiger partial charge in [0.1, 0.15) is 6.61 Å². The summed E-state index contributed by atoms with van der Waals surface area (Å²) in [5.74, 6) is -1.24. The van der Waals surface area contributed by atoms with Crippen LogP contribution in [0.1, 0.15) is 28.4 Å². The van der Waals surface area contributed by atoms with Gasteiger partial charge in [0.15, 0.2) is 5.75 Å². The summed E-state index contributed by atoms with van der Waals surface area (Å²) in [4.78, 5) is 27.1. The van der Waals surface area contributed by atoms with E-state index in [4.69, 9.17) is 33.0 Å². The highest BCUT2D eigenvalue weighted by Crippen LogP contribution is 2.35. The molecule has 0 spiro atoms. The first-order valence-corrected chi connectivity index (χ1v) is 8.53. The molecule has 2 aromatic rings. The molecule has 0 radical (unpaired) electrons. The van der Waals surface area contributed by atoms with E-state index in [9.17, 15) is 9.59 Å². The number of aromatic carboxylic acids is 1. The van der Waals surface area contributed by atoms with Gasteiger partial charge in [-0.2, -0.15) is 0 Å². The Morgan fingerprint density at radius 2 is 1.85 bits per heavy atom. The molecule has 1 aliphatic rings. The maximum Gasteiger partial charge on any atom is 0.367 e. The number of nitrogens with zero attached hydrogens (tertiary/aromatic N) is 1. The summed E-state index contributed by atoms with van der Waals surface area (Å²) < 4.78 is 5.67. The number of carbonyl (C=O) groups excluding carboxylic acids is 1. The van der Waals surface area contributed by atoms with Crippen LogP contribution in [0.2, 0.25) is 10.0 Å². The van der Waals surface area contributed by atoms with E-state index >= 15 is 0 Å². The van der Waals surface area contributed by atoms with Crippen molar-refractivity contribution in [2.45, 2.75) is 13.5 Å². The standard InChI is InChI=1S/C19H13Cl2NO5/c1-10-14(19(25)27-22-10)6-12-7-15(20)17(16(21)8-12)26-9-11-2-4-13(5-3-11)18(23)24/h2-8H,9H2,1H3,(H,23,24)/b14-6-. The van der Waals surface area contributed by atoms with E-state index in [1.54, 1.807) is 37.3 Å². The quantitative estimate of drug-likeness (QED) is 0.580. The zero-order valence-corrected chi connectivity index (χ0v) is 15.5. The lowest BCUT2D eigenvalue weighted by molar-refractivity contribution is -0.136. The van der Waals surface area contributed by atoms with Crippen molar-refractivity contribution in [1.29, 1.82) is 0 Å². The van der Waals surface area contributed by atoms with E-state index in [0.717, 1.165) is 5.56 Å². The molecule has 6 nitrogen and oxygen atoms in total. The SMILES string of the molecule is CC1=NOC(=O)/C1=C\c1cc(Cl)c(OCc2ccc(C(=O)O)cc2)c(Cl)c1. The largest absolute Gasteiger partial charge is 0.486 e. The monoisotopic (exact) mass is 405 g/mol. The summed E-state index contributed by atoms with van der Waals surface area (Å²) in [5.41, 5.74) is 2.36. The number of benzene rings is 2. The fraction of sp³-hybridized carbons (Fsp3) is 0.105. The van der Waals surface area contributed by atoms with Crippen molar-refractivity contribution in [3.05, 3.63) is 68.7 Å². The van der Waals surface area contributed by atoms with E-state index in [-0.39, 0.29) is 22.2 Å². The molecule has 1 N–H and O–H groups in total. The fourth-order valence-corrected chi connectivity index (χ4v) is 3.00. The highest BCUT2D eigenvalue weighted by Gasteiger charge is 2.22. The van der Waals surface area contributed by atoms with Crippen LogP contribution in [0.4, 0.5) is 0 Å². The second-order valence-corrected chi connectivity index (χ2v) is 6.53. The molecule has 0 saturated carbocycles. The highest BCUT2D eigenvalue weighted by atomic mass is 35.5. The summed E-state index contributed by atoms with van der Waals surface area (Å²) >= 11 is 12.5. The van der Waals surface area contributed by atoms with Crippen LogP contribution in [-0.2, 0) is 16.2 Å². The summed E-state index contributed by atoms with van der Waals surface area (Å²) in [5, 5.41) is 13.1. The van der Waals surface area contributed by atoms with E-state index < -0.39 is 11.9 Å². The summed E-state index contributed by atoms with van der Waals surface area (Å²) in [7, 11) is 0. The van der Waals surface area contributed by atoms with Gasteiger partial charge in [-0.25, -0.2) is 9.59 Å². The second-order valence-electron chi connectivity index (χ2n) is 5.72. The summed E-state index contributed by atoms with van der Waals surface area (Å²) in [6, 6.07) is 9.51. The number of ether oxygens (including phenoxy) is 1. The van der Waals surface area contributed by atoms with E-state index in [0.29, 0.717) is 22.6 Å². The second kappa shape index (κ2) is 7.82. The predicted octanol–water partition coefficient (Wildman–Crippen LogP) is 4.59. The van der Waals surface area contributed by atoms with Crippen LogP contribution in [0.25, 0.3) is 6.08 Å². The van der Waals surface area contributed by atoms with Crippen molar-refractivity contribution in [3.63, 3.8) is 0 Å². The number of hydrogen-bond donors (Lipinski definition) is 1. The summed E-state index contributed by atoms with van der Waals surface area (Å²) in [6.45, 7) is 1.82. The predicted molar refractivity (Wildman–Crippen MR) is 101 cm³/mol. The van der Waals surface area contributed by atoms with Gasteiger partial charge >= 0.3 is 11.9 Å². The minimum absolute atomic E-state index is 0.165. The fourth-order valence-electron chi connectivity index (χ4n) is 2.39. The van der Waals surface area contributed by atoms with Gasteiger partial charge in [-0.1, -0.05) is 40.5 Å². The summed E-state index contributed by atoms with van der Waals surface area (Å²) in [6.07, 6.45) is 1.58. The van der Waals surface area contributed by atoms with Crippen molar-refractivity contribution in [1.82, 2.24) is 0 Å². The molecule has 0 atom stereocenters. The number of carboxylic acid groups (broad SMARTS) is 1. The molecular formula is C19H13Cl2NO5. The Morgan fingerprint density at radius 1 is 1.22 bits per heavy atom. The number of halogens is 2. The molecule has 1 heterocycles. The van der Waals surface area contributed by atoms with Gasteiger partial charge in [0.2, 0.25) is 0 Å². The maximum atomic E-state index is 11.6. The number of carboxylic acids is 1. The third-order valence-corrected chi connectivity index (χ3v) is 4.35. The smallest absolute Gasteiger partial charge is 0.367 e. The van der Waals surface area contributed by atoms with Gasteiger partial charge in [-0.15, -0.1) is 0 Å². The van der Waals surface area contributed by atoms with Crippen LogP contribution >= 0.6 is 23.2 Å². The van der Waals surface area contributed by atoms with Crippen LogP contribution in [0.3, 0.4) is 0 Å². The van der Waals surface area contributed by atoms with Crippen molar-refractivity contribution < 1.29 is 24.3 Å². The van der Waals surface area contributed by atoms with Gasteiger partial charge in [0.25, 0.3) is 0 Å². The Hall–Kier alpha value is -2.83. The maximum absolute atomic E-state index is 11.6. The molecule has 2 aromatic carbocycles. The van der Waals surface area contributed by atoms with Crippen molar-refractivity contribution in [2.75, 3.05) is 0 Å². The Bertz CT molecular complexity index is 957. The van der Waals surface area contributed by atoms with Crippen molar-refractivity contribution in [2.24, 2.45) is 5.16 Å². The van der Waals surface area contributed by atoms with Gasteiger partial charge in [-0.05, 0) is 48.4 Å². The molecular weight excluding hydrogens is 393 g/mol. The topological polar surface area (TPSA) is 85.2 Å². The van der Waals surface area contributed by atoms with Crippen LogP contribution in [0.15, 0.2) is 47.1 Å². The van der Waals surface area contributed by atoms with E-state index in [1.165, 1.54) is 12.1 Å². The van der Waals surface area contributed by atoms with Gasteiger partial charge < -0.3 is 14.7 Å². The van der Waals surface area contributed by atoms with E-state index in [1.807, 2.05) is 0 Å². The number of rotatable bonds is 5. The van der Waals surface area contributed by atoms with Crippen molar-refractivity contribution in [3.8, 4) is 5.75 Å². The zero-order valence-electron chi connectivity index (χ0n) is 14.0. The molecule has 138 valence electrons. The minimum Gasteiger partial charge on any atom is -0.486 e. The first-order valence-electron chi connectivity index (χ1n) is 7.77. The first kappa shape index (κ1) is 18.9. The molecule has 0 aliphatic carbocycles. The molecule has 3 rings (SSSR count).